The maximum Gasteiger partial charge on any atom is 0.240 e. The van der Waals surface area contributed by atoms with Gasteiger partial charge in [-0.1, -0.05) is 32.9 Å². The third-order valence-corrected chi connectivity index (χ3v) is 3.14. The summed E-state index contributed by atoms with van der Waals surface area (Å²) in [7, 11) is 3.61. The number of likely N-dealkylation sites (N-methyl/N-ethyl adjacent to an activating group) is 2. The average Bonchev–Trinajstić information content (AvgIpc) is 2.27. The highest BCUT2D eigenvalue weighted by atomic mass is 16.2. The molecular formula is C15H24N2O. The molecule has 0 unspecified atom stereocenters. The van der Waals surface area contributed by atoms with Crippen LogP contribution < -0.4 is 10.2 Å². The predicted molar refractivity (Wildman–Crippen MR) is 77.2 cm³/mol. The summed E-state index contributed by atoms with van der Waals surface area (Å²) in [5, 5.41) is 2.89. The third kappa shape index (κ3) is 3.33. The predicted octanol–water partition coefficient (Wildman–Crippen LogP) is 2.47. The molecule has 18 heavy (non-hydrogen) atoms. The fraction of sp³-hybridized carbons (Fsp3) is 0.533. The van der Waals surface area contributed by atoms with Crippen LogP contribution in [0.25, 0.3) is 0 Å². The average molecular weight is 248 g/mol. The van der Waals surface area contributed by atoms with E-state index in [0.29, 0.717) is 6.54 Å². The van der Waals surface area contributed by atoms with E-state index in [-0.39, 0.29) is 11.3 Å². The molecule has 0 aliphatic rings. The summed E-state index contributed by atoms with van der Waals surface area (Å²) in [6.45, 7) is 8.92. The molecule has 100 valence electrons. The summed E-state index contributed by atoms with van der Waals surface area (Å²) in [5.41, 5.74) is 3.44. The number of anilines is 1. The van der Waals surface area contributed by atoms with Gasteiger partial charge in [0, 0.05) is 12.7 Å². The van der Waals surface area contributed by atoms with Crippen molar-refractivity contribution in [3.8, 4) is 0 Å². The van der Waals surface area contributed by atoms with Crippen molar-refractivity contribution in [3.63, 3.8) is 0 Å². The maximum atomic E-state index is 11.9. The van der Waals surface area contributed by atoms with Crippen LogP contribution in [0.4, 0.5) is 5.69 Å². The number of rotatable bonds is 3. The fourth-order valence-corrected chi connectivity index (χ4v) is 1.84. The number of benzene rings is 1. The SMILES string of the molecule is CNCC(=O)N(C)c1cc(C(C)(C)C)ccc1C. The molecule has 0 aliphatic heterocycles. The van der Waals surface area contributed by atoms with Gasteiger partial charge in [-0.05, 0) is 36.6 Å². The quantitative estimate of drug-likeness (QED) is 0.891. The molecule has 1 rings (SSSR count). The van der Waals surface area contributed by atoms with E-state index < -0.39 is 0 Å². The van der Waals surface area contributed by atoms with Crippen LogP contribution in [0.5, 0.6) is 0 Å². The minimum atomic E-state index is 0.0756. The van der Waals surface area contributed by atoms with E-state index in [1.807, 2.05) is 14.0 Å². The van der Waals surface area contributed by atoms with Gasteiger partial charge < -0.3 is 10.2 Å². The van der Waals surface area contributed by atoms with Crippen LogP contribution in [0.15, 0.2) is 18.2 Å². The summed E-state index contributed by atoms with van der Waals surface area (Å²) >= 11 is 0. The lowest BCUT2D eigenvalue weighted by Crippen LogP contribution is -2.34. The first-order valence-electron chi connectivity index (χ1n) is 6.29. The molecule has 1 aromatic rings. The monoisotopic (exact) mass is 248 g/mol. The molecular weight excluding hydrogens is 224 g/mol. The minimum Gasteiger partial charge on any atom is -0.314 e. The van der Waals surface area contributed by atoms with Crippen LogP contribution in [-0.2, 0) is 10.2 Å². The normalized spacial score (nSPS) is 11.4. The van der Waals surface area contributed by atoms with Crippen molar-refractivity contribution in [2.75, 3.05) is 25.5 Å². The van der Waals surface area contributed by atoms with Gasteiger partial charge in [0.05, 0.1) is 6.54 Å². The van der Waals surface area contributed by atoms with Gasteiger partial charge in [0.1, 0.15) is 0 Å². The van der Waals surface area contributed by atoms with Gasteiger partial charge in [-0.3, -0.25) is 4.79 Å². The van der Waals surface area contributed by atoms with Crippen molar-refractivity contribution >= 4 is 11.6 Å². The highest BCUT2D eigenvalue weighted by Gasteiger charge is 2.18. The Labute approximate surface area is 110 Å². The van der Waals surface area contributed by atoms with Gasteiger partial charge >= 0.3 is 0 Å². The van der Waals surface area contributed by atoms with E-state index in [1.165, 1.54) is 5.56 Å². The first-order chi connectivity index (χ1) is 8.27. The Kier molecular flexibility index (Phi) is 4.52. The molecule has 0 spiro atoms. The van der Waals surface area contributed by atoms with Gasteiger partial charge in [-0.15, -0.1) is 0 Å². The molecule has 3 nitrogen and oxygen atoms in total. The van der Waals surface area contributed by atoms with Crippen molar-refractivity contribution in [3.05, 3.63) is 29.3 Å². The van der Waals surface area contributed by atoms with Crippen LogP contribution >= 0.6 is 0 Å². The number of carbonyl (C=O) groups is 1. The maximum absolute atomic E-state index is 11.9. The van der Waals surface area contributed by atoms with Gasteiger partial charge in [0.15, 0.2) is 0 Å². The van der Waals surface area contributed by atoms with Crippen molar-refractivity contribution in [1.82, 2.24) is 5.32 Å². The van der Waals surface area contributed by atoms with E-state index in [0.717, 1.165) is 11.3 Å². The zero-order valence-corrected chi connectivity index (χ0v) is 12.3. The molecule has 0 radical (unpaired) electrons. The van der Waals surface area contributed by atoms with Crippen molar-refractivity contribution in [2.24, 2.45) is 0 Å². The smallest absolute Gasteiger partial charge is 0.240 e. The van der Waals surface area contributed by atoms with Crippen LogP contribution in [0, 0.1) is 6.92 Å². The van der Waals surface area contributed by atoms with Gasteiger partial charge in [0.25, 0.3) is 0 Å². The van der Waals surface area contributed by atoms with E-state index >= 15 is 0 Å². The van der Waals surface area contributed by atoms with Crippen LogP contribution in [0.1, 0.15) is 31.9 Å². The number of carbonyl (C=O) groups excluding carboxylic acids is 1. The zero-order valence-electron chi connectivity index (χ0n) is 12.3. The Balaban J connectivity index is 3.12. The lowest BCUT2D eigenvalue weighted by atomic mass is 9.86. The molecule has 0 saturated carbocycles. The molecule has 0 bridgehead atoms. The number of nitrogens with one attached hydrogen (secondary N) is 1. The van der Waals surface area contributed by atoms with E-state index in [4.69, 9.17) is 0 Å². The van der Waals surface area contributed by atoms with Gasteiger partial charge in [-0.2, -0.15) is 0 Å². The number of aryl methyl sites for hydroxylation is 1. The molecule has 0 heterocycles. The summed E-state index contributed by atoms with van der Waals surface area (Å²) in [6.07, 6.45) is 0. The number of hydrogen-bond acceptors (Lipinski definition) is 2. The highest BCUT2D eigenvalue weighted by molar-refractivity contribution is 5.95. The Morgan fingerprint density at radius 1 is 1.33 bits per heavy atom. The number of nitrogens with zero attached hydrogens (tertiary/aromatic N) is 1. The van der Waals surface area contributed by atoms with Crippen molar-refractivity contribution in [1.29, 1.82) is 0 Å². The van der Waals surface area contributed by atoms with Crippen LogP contribution in [0.2, 0.25) is 0 Å². The second kappa shape index (κ2) is 5.53. The molecule has 0 saturated heterocycles. The van der Waals surface area contributed by atoms with Crippen molar-refractivity contribution < 1.29 is 4.79 Å². The topological polar surface area (TPSA) is 32.3 Å². The second-order valence-corrected chi connectivity index (χ2v) is 5.73. The lowest BCUT2D eigenvalue weighted by molar-refractivity contribution is -0.117. The molecule has 1 amide bonds. The first kappa shape index (κ1) is 14.7. The lowest BCUT2D eigenvalue weighted by Gasteiger charge is -2.24. The van der Waals surface area contributed by atoms with Crippen molar-refractivity contribution in [2.45, 2.75) is 33.1 Å². The molecule has 1 aromatic carbocycles. The Morgan fingerprint density at radius 2 is 1.94 bits per heavy atom. The van der Waals surface area contributed by atoms with E-state index in [2.05, 4.69) is 44.3 Å². The molecule has 3 heteroatoms. The third-order valence-electron chi connectivity index (χ3n) is 3.14. The molecule has 0 fully saturated rings. The fourth-order valence-electron chi connectivity index (χ4n) is 1.84. The number of hydrogen-bond donors (Lipinski definition) is 1. The van der Waals surface area contributed by atoms with Crippen LogP contribution in [-0.4, -0.2) is 26.5 Å². The molecule has 1 N–H and O–H groups in total. The highest BCUT2D eigenvalue weighted by Crippen LogP contribution is 2.28. The Hall–Kier alpha value is -1.35. The van der Waals surface area contributed by atoms with E-state index in [1.54, 1.807) is 11.9 Å². The largest absolute Gasteiger partial charge is 0.314 e. The summed E-state index contributed by atoms with van der Waals surface area (Å²) in [4.78, 5) is 13.6. The van der Waals surface area contributed by atoms with Crippen LogP contribution in [0.3, 0.4) is 0 Å². The minimum absolute atomic E-state index is 0.0756. The summed E-state index contributed by atoms with van der Waals surface area (Å²) < 4.78 is 0. The molecule has 0 aromatic heterocycles. The number of amides is 1. The molecule has 0 atom stereocenters. The Bertz CT molecular complexity index is 433. The molecule has 0 aliphatic carbocycles. The first-order valence-corrected chi connectivity index (χ1v) is 6.29. The summed E-state index contributed by atoms with van der Waals surface area (Å²) in [6, 6.07) is 6.33. The summed E-state index contributed by atoms with van der Waals surface area (Å²) in [5.74, 6) is 0.0756. The zero-order chi connectivity index (χ0) is 13.9. The van der Waals surface area contributed by atoms with E-state index in [9.17, 15) is 4.79 Å². The van der Waals surface area contributed by atoms with Gasteiger partial charge in [-0.25, -0.2) is 0 Å². The van der Waals surface area contributed by atoms with Gasteiger partial charge in [0.2, 0.25) is 5.91 Å². The standard InChI is InChI=1S/C15H24N2O/c1-11-7-8-12(15(2,3)4)9-13(11)17(6)14(18)10-16-5/h7-9,16H,10H2,1-6H3. The second-order valence-electron chi connectivity index (χ2n) is 5.73. The Morgan fingerprint density at radius 3 is 2.44 bits per heavy atom.